The van der Waals surface area contributed by atoms with Gasteiger partial charge in [-0.3, -0.25) is 0 Å². The van der Waals surface area contributed by atoms with Gasteiger partial charge in [-0.2, -0.15) is 0 Å². The Bertz CT molecular complexity index is 3370. The van der Waals surface area contributed by atoms with Gasteiger partial charge in [0.1, 0.15) is 22.3 Å². The molecule has 3 aromatic heterocycles. The highest BCUT2D eigenvalue weighted by molar-refractivity contribution is 6.15. The summed E-state index contributed by atoms with van der Waals surface area (Å²) < 4.78 is 40.3. The molecule has 0 amide bonds. The summed E-state index contributed by atoms with van der Waals surface area (Å²) in [4.78, 5) is 15.1. The van der Waals surface area contributed by atoms with Gasteiger partial charge in [-0.25, -0.2) is 15.0 Å². The molecule has 5 nitrogen and oxygen atoms in total. The molecule has 0 atom stereocenters. The fourth-order valence-electron chi connectivity index (χ4n) is 7.40. The second-order valence-electron chi connectivity index (χ2n) is 12.9. The molecule has 0 aliphatic heterocycles. The van der Waals surface area contributed by atoms with Gasteiger partial charge in [-0.05, 0) is 57.4 Å². The van der Waals surface area contributed by atoms with Crippen LogP contribution in [0.2, 0.25) is 0 Å². The second kappa shape index (κ2) is 11.2. The van der Waals surface area contributed by atoms with Crippen LogP contribution < -0.4 is 0 Å². The predicted octanol–water partition coefficient (Wildman–Crippen LogP) is 12.6. The van der Waals surface area contributed by atoms with E-state index in [0.29, 0.717) is 56.1 Å². The van der Waals surface area contributed by atoms with E-state index >= 15 is 0 Å². The zero-order valence-electron chi connectivity index (χ0n) is 30.5. The zero-order valence-corrected chi connectivity index (χ0v) is 27.5. The van der Waals surface area contributed by atoms with Crippen molar-refractivity contribution in [2.24, 2.45) is 0 Å². The highest BCUT2D eigenvalue weighted by atomic mass is 16.3. The van der Waals surface area contributed by atoms with Crippen LogP contribution in [0.4, 0.5) is 0 Å². The first kappa shape index (κ1) is 25.8. The molecule has 0 radical (unpaired) electrons. The highest BCUT2D eigenvalue weighted by Gasteiger charge is 2.20. The van der Waals surface area contributed by atoms with Crippen LogP contribution in [0.5, 0.6) is 0 Å². The lowest BCUT2D eigenvalue weighted by Gasteiger charge is -2.11. The Balaban J connectivity index is 1.18. The van der Waals surface area contributed by atoms with Crippen LogP contribution >= 0.6 is 0 Å². The van der Waals surface area contributed by atoms with Crippen molar-refractivity contribution in [3.05, 3.63) is 164 Å². The molecule has 0 N–H and O–H groups in total. The van der Waals surface area contributed by atoms with E-state index in [2.05, 4.69) is 36.4 Å². The summed E-state index contributed by atoms with van der Waals surface area (Å²) >= 11 is 0. The molecule has 0 bridgehead atoms. The van der Waals surface area contributed by atoms with E-state index in [1.54, 1.807) is 12.1 Å². The Hall–Kier alpha value is -7.11. The summed E-state index contributed by atoms with van der Waals surface area (Å²) in [7, 11) is 0. The molecule has 11 aromatic rings. The summed E-state index contributed by atoms with van der Waals surface area (Å²) in [5, 5.41) is 7.56. The predicted molar refractivity (Wildman–Crippen MR) is 211 cm³/mol. The van der Waals surface area contributed by atoms with Crippen LogP contribution in [-0.2, 0) is 0 Å². The van der Waals surface area contributed by atoms with Gasteiger partial charge in [-0.1, -0.05) is 133 Å². The van der Waals surface area contributed by atoms with Crippen LogP contribution in [0.1, 0.15) is 4.11 Å². The summed E-state index contributed by atoms with van der Waals surface area (Å²) in [6.45, 7) is 0. The van der Waals surface area contributed by atoms with Crippen molar-refractivity contribution in [3.8, 4) is 45.3 Å². The lowest BCUT2D eigenvalue weighted by Crippen LogP contribution is -2.00. The Morgan fingerprint density at radius 3 is 1.98 bits per heavy atom. The lowest BCUT2D eigenvalue weighted by molar-refractivity contribution is 0.668. The molecule has 8 aromatic carbocycles. The van der Waals surface area contributed by atoms with Crippen LogP contribution in [0.15, 0.2) is 173 Å². The third kappa shape index (κ3) is 4.46. The van der Waals surface area contributed by atoms with Crippen molar-refractivity contribution in [2.75, 3.05) is 0 Å². The minimum Gasteiger partial charge on any atom is -0.456 e. The maximum atomic E-state index is 9.30. The molecule has 0 aliphatic rings. The number of hydrogen-bond donors (Lipinski definition) is 0. The lowest BCUT2D eigenvalue weighted by atomic mass is 9.98. The largest absolute Gasteiger partial charge is 0.456 e. The number of rotatable bonds is 4. The molecule has 11 rings (SSSR count). The molecule has 0 saturated heterocycles. The maximum Gasteiger partial charge on any atom is 0.164 e. The molecule has 0 aliphatic carbocycles. The van der Waals surface area contributed by atoms with E-state index in [1.807, 2.05) is 97.1 Å². The molecular formula is C47H27N3O2. The van der Waals surface area contributed by atoms with Crippen molar-refractivity contribution in [3.63, 3.8) is 0 Å². The normalized spacial score (nSPS) is 12.7. The van der Waals surface area contributed by atoms with Crippen molar-refractivity contribution in [2.45, 2.75) is 0 Å². The van der Waals surface area contributed by atoms with E-state index in [1.165, 1.54) is 0 Å². The van der Waals surface area contributed by atoms with E-state index in [9.17, 15) is 2.74 Å². The van der Waals surface area contributed by atoms with E-state index in [0.717, 1.165) is 49.0 Å². The molecule has 0 saturated carbocycles. The van der Waals surface area contributed by atoms with Gasteiger partial charge in [0, 0.05) is 43.8 Å². The average Bonchev–Trinajstić information content (AvgIpc) is 3.81. The minimum atomic E-state index is -0.0565. The van der Waals surface area contributed by atoms with Gasteiger partial charge in [-0.15, -0.1) is 0 Å². The minimum absolute atomic E-state index is 0.0183. The Labute approximate surface area is 301 Å². The van der Waals surface area contributed by atoms with Gasteiger partial charge in [0.2, 0.25) is 0 Å². The number of benzene rings is 8. The van der Waals surface area contributed by atoms with E-state index < -0.39 is 0 Å². The topological polar surface area (TPSA) is 65.0 Å². The monoisotopic (exact) mass is 668 g/mol. The number of furan rings is 2. The molecule has 0 spiro atoms. The first-order valence-electron chi connectivity index (χ1n) is 18.6. The number of nitrogens with zero attached hydrogens (tertiary/aromatic N) is 3. The second-order valence-corrected chi connectivity index (χ2v) is 12.9. The maximum absolute atomic E-state index is 9.30. The summed E-state index contributed by atoms with van der Waals surface area (Å²) in [6.07, 6.45) is 0. The quantitative estimate of drug-likeness (QED) is 0.175. The standard InChI is InChI=1S/C47H27N3O2/c1-2-11-30(12-3-1)45-48-46(32-23-22-29-21-20-28-10-4-5-13-33(28)38(29)27-32)50-47(49-45)37-17-9-19-42-43(37)39-26-31(24-25-41(39)51-42)34-15-8-16-36-35-14-6-7-18-40(35)52-44(34)36/h1-27H/i17D,24D,25D. The van der Waals surface area contributed by atoms with Gasteiger partial charge in [0.05, 0.1) is 4.11 Å². The zero-order chi connectivity index (χ0) is 36.8. The summed E-state index contributed by atoms with van der Waals surface area (Å²) in [5.74, 6) is 1.24. The third-order valence-electron chi connectivity index (χ3n) is 9.87. The third-order valence-corrected chi connectivity index (χ3v) is 9.87. The molecule has 0 fully saturated rings. The van der Waals surface area contributed by atoms with Crippen LogP contribution in [0.3, 0.4) is 0 Å². The highest BCUT2D eigenvalue weighted by Crippen LogP contribution is 2.41. The van der Waals surface area contributed by atoms with Crippen LogP contribution in [0, 0.1) is 0 Å². The fraction of sp³-hybridized carbons (Fsp3) is 0. The fourth-order valence-corrected chi connectivity index (χ4v) is 7.40. The van der Waals surface area contributed by atoms with Crippen molar-refractivity contribution >= 4 is 65.4 Å². The van der Waals surface area contributed by atoms with Gasteiger partial charge in [0.25, 0.3) is 0 Å². The SMILES string of the molecule is [2H]c1ccc2oc3c([2H])c([2H])c(-c4cccc5c4oc4ccccc45)cc3c2c1-c1nc(-c2ccccc2)nc(-c2ccc3ccc4ccccc4c3c2)n1. The number of fused-ring (bicyclic) bond motifs is 9. The number of aromatic nitrogens is 3. The van der Waals surface area contributed by atoms with Gasteiger partial charge < -0.3 is 8.83 Å². The number of hydrogen-bond acceptors (Lipinski definition) is 5. The molecule has 242 valence electrons. The molecule has 0 unspecified atom stereocenters. The summed E-state index contributed by atoms with van der Waals surface area (Å²) in [6, 6.07) is 47.7. The van der Waals surface area contributed by atoms with E-state index in [-0.39, 0.29) is 23.7 Å². The van der Waals surface area contributed by atoms with Gasteiger partial charge >= 0.3 is 0 Å². The first-order chi connectivity index (χ1) is 27.0. The van der Waals surface area contributed by atoms with Crippen LogP contribution in [-0.4, -0.2) is 15.0 Å². The molecular weight excluding hydrogens is 639 g/mol. The van der Waals surface area contributed by atoms with E-state index in [4.69, 9.17) is 25.2 Å². The Kier molecular flexibility index (Phi) is 5.56. The van der Waals surface area contributed by atoms with Gasteiger partial charge in [0.15, 0.2) is 17.5 Å². The molecule has 5 heteroatoms. The van der Waals surface area contributed by atoms with Crippen LogP contribution in [0.25, 0.3) is 111 Å². The van der Waals surface area contributed by atoms with Crippen molar-refractivity contribution < 1.29 is 12.9 Å². The first-order valence-corrected chi connectivity index (χ1v) is 17.1. The molecule has 3 heterocycles. The van der Waals surface area contributed by atoms with Crippen molar-refractivity contribution in [1.82, 2.24) is 15.0 Å². The summed E-state index contributed by atoms with van der Waals surface area (Å²) in [5.41, 5.74) is 5.41. The Morgan fingerprint density at radius 1 is 0.385 bits per heavy atom. The number of para-hydroxylation sites is 2. The average molecular weight is 669 g/mol. The molecule has 52 heavy (non-hydrogen) atoms. The van der Waals surface area contributed by atoms with Crippen molar-refractivity contribution in [1.29, 1.82) is 0 Å². The Morgan fingerprint density at radius 2 is 1.08 bits per heavy atom. The smallest absolute Gasteiger partial charge is 0.164 e.